The molecule has 0 aliphatic heterocycles. The SMILES string of the molecule is Cc1cc(OCCCCCOc2ccc(-c3cc(F)c(-c4cc(F)c(C#N)c(F)c4)c(F)c3)cc2)ccc1F. The molecule has 8 heteroatoms. The minimum absolute atomic E-state index is 0.242. The highest BCUT2D eigenvalue weighted by Crippen LogP contribution is 2.33. The van der Waals surface area contributed by atoms with Crippen LogP contribution < -0.4 is 9.47 Å². The molecule has 0 fully saturated rings. The van der Waals surface area contributed by atoms with E-state index in [-0.39, 0.29) is 16.9 Å². The van der Waals surface area contributed by atoms with Crippen LogP contribution in [0.15, 0.2) is 66.7 Å². The Morgan fingerprint density at radius 3 is 1.69 bits per heavy atom. The van der Waals surface area contributed by atoms with Crippen LogP contribution in [0.4, 0.5) is 22.0 Å². The zero-order valence-electron chi connectivity index (χ0n) is 21.0. The third kappa shape index (κ3) is 6.74. The Morgan fingerprint density at radius 2 is 1.13 bits per heavy atom. The predicted octanol–water partition coefficient (Wildman–Crippen LogP) is 8.52. The highest BCUT2D eigenvalue weighted by atomic mass is 19.1. The second kappa shape index (κ2) is 12.4. The lowest BCUT2D eigenvalue weighted by Gasteiger charge is -2.11. The number of unbranched alkanes of at least 4 members (excludes halogenated alkanes) is 2. The maximum Gasteiger partial charge on any atom is 0.144 e. The molecule has 0 aliphatic rings. The minimum Gasteiger partial charge on any atom is -0.494 e. The summed E-state index contributed by atoms with van der Waals surface area (Å²) in [6, 6.07) is 16.3. The molecule has 0 heterocycles. The number of halogens is 5. The summed E-state index contributed by atoms with van der Waals surface area (Å²) in [6.07, 6.45) is 2.48. The van der Waals surface area contributed by atoms with Gasteiger partial charge in [0.15, 0.2) is 0 Å². The number of benzene rings is 4. The predicted molar refractivity (Wildman–Crippen MR) is 138 cm³/mol. The van der Waals surface area contributed by atoms with Gasteiger partial charge < -0.3 is 9.47 Å². The quantitative estimate of drug-likeness (QED) is 0.150. The van der Waals surface area contributed by atoms with E-state index in [4.69, 9.17) is 14.7 Å². The summed E-state index contributed by atoms with van der Waals surface area (Å²) >= 11 is 0. The lowest BCUT2D eigenvalue weighted by atomic mass is 9.97. The van der Waals surface area contributed by atoms with E-state index in [0.29, 0.717) is 35.8 Å². The number of aryl methyl sites for hydroxylation is 1. The Hall–Kier alpha value is -4.38. The molecule has 0 aliphatic carbocycles. The molecule has 0 unspecified atom stereocenters. The normalized spacial score (nSPS) is 10.8. The Morgan fingerprint density at radius 1 is 0.590 bits per heavy atom. The first-order chi connectivity index (χ1) is 18.8. The van der Waals surface area contributed by atoms with E-state index in [2.05, 4.69) is 0 Å². The number of hydrogen-bond acceptors (Lipinski definition) is 3. The zero-order chi connectivity index (χ0) is 27.9. The first-order valence-corrected chi connectivity index (χ1v) is 12.3. The summed E-state index contributed by atoms with van der Waals surface area (Å²) in [5.74, 6) is -3.41. The molecule has 0 saturated heterocycles. The van der Waals surface area contributed by atoms with Crippen molar-refractivity contribution in [3.8, 4) is 39.8 Å². The van der Waals surface area contributed by atoms with E-state index in [1.54, 1.807) is 43.3 Å². The average molecular weight is 538 g/mol. The molecule has 39 heavy (non-hydrogen) atoms. The monoisotopic (exact) mass is 537 g/mol. The Bertz CT molecular complexity index is 1470. The van der Waals surface area contributed by atoms with Crippen LogP contribution >= 0.6 is 0 Å². The van der Waals surface area contributed by atoms with Crippen molar-refractivity contribution in [2.24, 2.45) is 0 Å². The third-order valence-electron chi connectivity index (χ3n) is 6.13. The standard InChI is InChI=1S/C31H24F5NO2/c1-19-13-24(9-10-26(19)32)39-12-4-2-3-11-38-23-7-5-20(6-8-23)21-14-29(35)31(30(36)15-21)22-16-27(33)25(18-37)28(34)17-22/h5-10,13-17H,2-4,11-12H2,1H3. The van der Waals surface area contributed by atoms with Crippen molar-refractivity contribution >= 4 is 0 Å². The molecule has 0 aromatic heterocycles. The summed E-state index contributed by atoms with van der Waals surface area (Å²) in [7, 11) is 0. The molecule has 0 spiro atoms. The van der Waals surface area contributed by atoms with Gasteiger partial charge >= 0.3 is 0 Å². The van der Waals surface area contributed by atoms with Crippen molar-refractivity contribution in [1.82, 2.24) is 0 Å². The van der Waals surface area contributed by atoms with E-state index in [1.165, 1.54) is 12.1 Å². The van der Waals surface area contributed by atoms with Crippen LogP contribution in [-0.4, -0.2) is 13.2 Å². The largest absolute Gasteiger partial charge is 0.494 e. The smallest absolute Gasteiger partial charge is 0.144 e. The van der Waals surface area contributed by atoms with E-state index in [1.807, 2.05) is 0 Å². The molecule has 0 atom stereocenters. The van der Waals surface area contributed by atoms with Gasteiger partial charge in [0.25, 0.3) is 0 Å². The fraction of sp³-hybridized carbons (Fsp3) is 0.194. The zero-order valence-corrected chi connectivity index (χ0v) is 21.0. The van der Waals surface area contributed by atoms with Gasteiger partial charge in [-0.3, -0.25) is 0 Å². The number of ether oxygens (including phenoxy) is 2. The van der Waals surface area contributed by atoms with Gasteiger partial charge in [-0.05, 0) is 103 Å². The van der Waals surface area contributed by atoms with Crippen LogP contribution in [0.2, 0.25) is 0 Å². The molecule has 3 nitrogen and oxygen atoms in total. The fourth-order valence-corrected chi connectivity index (χ4v) is 4.05. The van der Waals surface area contributed by atoms with Crippen molar-refractivity contribution in [3.63, 3.8) is 0 Å². The van der Waals surface area contributed by atoms with Crippen LogP contribution in [0.25, 0.3) is 22.3 Å². The van der Waals surface area contributed by atoms with Crippen molar-refractivity contribution in [2.75, 3.05) is 13.2 Å². The highest BCUT2D eigenvalue weighted by Gasteiger charge is 2.18. The topological polar surface area (TPSA) is 42.2 Å². The Balaban J connectivity index is 1.30. The average Bonchev–Trinajstić information content (AvgIpc) is 2.90. The van der Waals surface area contributed by atoms with Crippen molar-refractivity contribution in [1.29, 1.82) is 5.26 Å². The number of hydrogen-bond donors (Lipinski definition) is 0. The number of nitrogens with zero attached hydrogens (tertiary/aromatic N) is 1. The van der Waals surface area contributed by atoms with Gasteiger partial charge in [-0.15, -0.1) is 0 Å². The van der Waals surface area contributed by atoms with E-state index >= 15 is 0 Å². The molecule has 0 bridgehead atoms. The van der Waals surface area contributed by atoms with Gasteiger partial charge in [-0.25, -0.2) is 22.0 Å². The molecule has 200 valence electrons. The minimum atomic E-state index is -1.20. The Kier molecular flexibility index (Phi) is 8.82. The summed E-state index contributed by atoms with van der Waals surface area (Å²) < 4.78 is 82.2. The second-order valence-corrected chi connectivity index (χ2v) is 8.93. The molecular weight excluding hydrogens is 513 g/mol. The molecular formula is C31H24F5NO2. The first kappa shape index (κ1) is 27.6. The van der Waals surface area contributed by atoms with Crippen molar-refractivity contribution in [3.05, 3.63) is 107 Å². The number of rotatable bonds is 10. The molecule has 0 saturated carbocycles. The lowest BCUT2D eigenvalue weighted by Crippen LogP contribution is -2.01. The van der Waals surface area contributed by atoms with Crippen LogP contribution in [0.5, 0.6) is 11.5 Å². The summed E-state index contributed by atoms with van der Waals surface area (Å²) in [6.45, 7) is 2.68. The van der Waals surface area contributed by atoms with E-state index < -0.39 is 34.4 Å². The summed E-state index contributed by atoms with van der Waals surface area (Å²) in [4.78, 5) is 0. The van der Waals surface area contributed by atoms with Crippen LogP contribution in [-0.2, 0) is 0 Å². The maximum atomic E-state index is 14.8. The fourth-order valence-electron chi connectivity index (χ4n) is 4.05. The second-order valence-electron chi connectivity index (χ2n) is 8.93. The molecule has 0 radical (unpaired) electrons. The van der Waals surface area contributed by atoms with E-state index in [0.717, 1.165) is 43.5 Å². The van der Waals surface area contributed by atoms with Gasteiger partial charge in [0, 0.05) is 0 Å². The van der Waals surface area contributed by atoms with Crippen LogP contribution in [0, 0.1) is 47.3 Å². The summed E-state index contributed by atoms with van der Waals surface area (Å²) in [5, 5.41) is 8.79. The first-order valence-electron chi connectivity index (χ1n) is 12.3. The molecule has 4 aromatic carbocycles. The van der Waals surface area contributed by atoms with Gasteiger partial charge in [-0.1, -0.05) is 12.1 Å². The van der Waals surface area contributed by atoms with Crippen molar-refractivity contribution in [2.45, 2.75) is 26.2 Å². The van der Waals surface area contributed by atoms with Gasteiger partial charge in [0.05, 0.1) is 18.8 Å². The van der Waals surface area contributed by atoms with Gasteiger partial charge in [-0.2, -0.15) is 5.26 Å². The Labute approximate surface area is 223 Å². The maximum absolute atomic E-state index is 14.8. The highest BCUT2D eigenvalue weighted by molar-refractivity contribution is 5.72. The van der Waals surface area contributed by atoms with Crippen LogP contribution in [0.3, 0.4) is 0 Å². The number of nitriles is 1. The molecule has 0 N–H and O–H groups in total. The van der Waals surface area contributed by atoms with Gasteiger partial charge in [0.2, 0.25) is 0 Å². The molecule has 0 amide bonds. The van der Waals surface area contributed by atoms with Gasteiger partial charge in [0.1, 0.15) is 52.2 Å². The van der Waals surface area contributed by atoms with E-state index in [9.17, 15) is 22.0 Å². The molecule has 4 rings (SSSR count). The molecule has 4 aromatic rings. The lowest BCUT2D eigenvalue weighted by molar-refractivity contribution is 0.279. The third-order valence-corrected chi connectivity index (χ3v) is 6.13. The summed E-state index contributed by atoms with van der Waals surface area (Å²) in [5.41, 5.74) is -0.436. The van der Waals surface area contributed by atoms with Crippen molar-refractivity contribution < 1.29 is 31.4 Å². The van der Waals surface area contributed by atoms with Crippen LogP contribution in [0.1, 0.15) is 30.4 Å².